The van der Waals surface area contributed by atoms with Crippen molar-refractivity contribution in [2.75, 3.05) is 17.4 Å². The van der Waals surface area contributed by atoms with Crippen LogP contribution < -0.4 is 9.62 Å². The van der Waals surface area contributed by atoms with Crippen LogP contribution in [0.15, 0.2) is 77.7 Å². The Kier molecular flexibility index (Phi) is 10.2. The molecule has 3 aromatic carbocycles. The van der Waals surface area contributed by atoms with Gasteiger partial charge in [0.2, 0.25) is 11.8 Å². The number of hydrogen-bond acceptors (Lipinski definition) is 4. The molecule has 0 aliphatic rings. The smallest absolute Gasteiger partial charge is 0.264 e. The standard InChI is InChI=1S/C30H36ClN3O4S/c1-21(2)32-30(36)24(5)33(18-17-25-9-7-6-8-10-25)29(35)20-34(27-14-11-22(3)23(4)19-27)39(37,38)28-15-12-26(31)13-16-28/h6-16,19,21,24H,17-18,20H2,1-5H3,(H,32,36). The molecule has 0 aliphatic heterocycles. The van der Waals surface area contributed by atoms with E-state index in [-0.39, 0.29) is 23.4 Å². The van der Waals surface area contributed by atoms with Gasteiger partial charge in [-0.25, -0.2) is 8.42 Å². The molecule has 9 heteroatoms. The van der Waals surface area contributed by atoms with Crippen LogP contribution in [0.2, 0.25) is 5.02 Å². The highest BCUT2D eigenvalue weighted by atomic mass is 35.5. The van der Waals surface area contributed by atoms with E-state index in [2.05, 4.69) is 5.32 Å². The van der Waals surface area contributed by atoms with Gasteiger partial charge in [0.1, 0.15) is 12.6 Å². The van der Waals surface area contributed by atoms with E-state index in [9.17, 15) is 18.0 Å². The number of nitrogens with one attached hydrogen (secondary N) is 1. The second-order valence-electron chi connectivity index (χ2n) is 9.90. The molecule has 0 bridgehead atoms. The molecule has 0 fully saturated rings. The van der Waals surface area contributed by atoms with Crippen LogP contribution in [0.4, 0.5) is 5.69 Å². The molecule has 1 atom stereocenters. The number of carbonyl (C=O) groups is 2. The van der Waals surface area contributed by atoms with Crippen molar-refractivity contribution < 1.29 is 18.0 Å². The maximum absolute atomic E-state index is 13.9. The summed E-state index contributed by atoms with van der Waals surface area (Å²) in [5.74, 6) is -0.780. The fourth-order valence-corrected chi connectivity index (χ4v) is 5.65. The van der Waals surface area contributed by atoms with Crippen LogP contribution in [0.3, 0.4) is 0 Å². The number of benzene rings is 3. The van der Waals surface area contributed by atoms with E-state index in [0.29, 0.717) is 17.1 Å². The summed E-state index contributed by atoms with van der Waals surface area (Å²) in [5, 5.41) is 3.26. The Labute approximate surface area is 236 Å². The predicted molar refractivity (Wildman–Crippen MR) is 156 cm³/mol. The maximum Gasteiger partial charge on any atom is 0.264 e. The van der Waals surface area contributed by atoms with Crippen LogP contribution in [0, 0.1) is 13.8 Å². The summed E-state index contributed by atoms with van der Waals surface area (Å²) < 4.78 is 28.8. The minimum Gasteiger partial charge on any atom is -0.352 e. The highest BCUT2D eigenvalue weighted by Gasteiger charge is 2.32. The Morgan fingerprint density at radius 1 is 0.897 bits per heavy atom. The van der Waals surface area contributed by atoms with Gasteiger partial charge in [0.15, 0.2) is 0 Å². The van der Waals surface area contributed by atoms with Crippen LogP contribution in [0.25, 0.3) is 0 Å². The molecule has 0 spiro atoms. The second-order valence-corrected chi connectivity index (χ2v) is 12.2. The molecule has 1 unspecified atom stereocenters. The third-order valence-corrected chi connectivity index (χ3v) is 8.58. The van der Waals surface area contributed by atoms with Gasteiger partial charge in [-0.15, -0.1) is 0 Å². The van der Waals surface area contributed by atoms with E-state index in [1.807, 2.05) is 64.1 Å². The van der Waals surface area contributed by atoms with Crippen molar-refractivity contribution >= 4 is 39.1 Å². The van der Waals surface area contributed by atoms with Crippen molar-refractivity contribution in [3.05, 3.63) is 94.5 Å². The third-order valence-electron chi connectivity index (χ3n) is 6.54. The predicted octanol–water partition coefficient (Wildman–Crippen LogP) is 5.14. The summed E-state index contributed by atoms with van der Waals surface area (Å²) in [5.41, 5.74) is 3.26. The van der Waals surface area contributed by atoms with E-state index in [0.717, 1.165) is 21.0 Å². The first-order chi connectivity index (χ1) is 18.4. The number of sulfonamides is 1. The van der Waals surface area contributed by atoms with Gasteiger partial charge < -0.3 is 10.2 Å². The van der Waals surface area contributed by atoms with E-state index < -0.39 is 28.5 Å². The van der Waals surface area contributed by atoms with E-state index in [1.54, 1.807) is 19.1 Å². The lowest BCUT2D eigenvalue weighted by Gasteiger charge is -2.32. The van der Waals surface area contributed by atoms with Gasteiger partial charge in [0.05, 0.1) is 10.6 Å². The summed E-state index contributed by atoms with van der Waals surface area (Å²) in [6.45, 7) is 8.95. The van der Waals surface area contributed by atoms with Crippen LogP contribution in [0.1, 0.15) is 37.5 Å². The largest absolute Gasteiger partial charge is 0.352 e. The first-order valence-electron chi connectivity index (χ1n) is 12.9. The lowest BCUT2D eigenvalue weighted by Crippen LogP contribution is -2.53. The zero-order valence-corrected chi connectivity index (χ0v) is 24.6. The van der Waals surface area contributed by atoms with Crippen molar-refractivity contribution in [1.82, 2.24) is 10.2 Å². The molecule has 0 saturated carbocycles. The Hall–Kier alpha value is -3.36. The number of rotatable bonds is 11. The van der Waals surface area contributed by atoms with Gasteiger partial charge in [0.25, 0.3) is 10.0 Å². The summed E-state index contributed by atoms with van der Waals surface area (Å²) in [6, 6.07) is 19.8. The van der Waals surface area contributed by atoms with Crippen molar-refractivity contribution in [2.45, 2.75) is 58.0 Å². The molecule has 2 amide bonds. The molecule has 1 N–H and O–H groups in total. The van der Waals surface area contributed by atoms with Crippen molar-refractivity contribution in [3.63, 3.8) is 0 Å². The molecular formula is C30H36ClN3O4S. The number of aryl methyl sites for hydroxylation is 2. The highest BCUT2D eigenvalue weighted by molar-refractivity contribution is 7.92. The van der Waals surface area contributed by atoms with Crippen LogP contribution in [-0.2, 0) is 26.0 Å². The number of hydrogen-bond donors (Lipinski definition) is 1. The highest BCUT2D eigenvalue weighted by Crippen LogP contribution is 2.27. The molecule has 39 heavy (non-hydrogen) atoms. The van der Waals surface area contributed by atoms with Gasteiger partial charge in [0, 0.05) is 17.6 Å². The van der Waals surface area contributed by atoms with E-state index >= 15 is 0 Å². The normalized spacial score (nSPS) is 12.2. The lowest BCUT2D eigenvalue weighted by molar-refractivity contribution is -0.139. The number of halogens is 1. The molecule has 208 valence electrons. The molecule has 0 saturated heterocycles. The molecular weight excluding hydrogens is 534 g/mol. The summed E-state index contributed by atoms with van der Waals surface area (Å²) in [7, 11) is -4.13. The zero-order valence-electron chi connectivity index (χ0n) is 23.0. The molecule has 0 aromatic heterocycles. The molecule has 3 aromatic rings. The van der Waals surface area contributed by atoms with E-state index in [4.69, 9.17) is 11.6 Å². The van der Waals surface area contributed by atoms with Crippen molar-refractivity contribution in [2.24, 2.45) is 0 Å². The number of amides is 2. The van der Waals surface area contributed by atoms with Gasteiger partial charge in [-0.1, -0.05) is 48.0 Å². The van der Waals surface area contributed by atoms with Gasteiger partial charge in [-0.2, -0.15) is 0 Å². The number of nitrogens with zero attached hydrogens (tertiary/aromatic N) is 2. The quantitative estimate of drug-likeness (QED) is 0.346. The zero-order chi connectivity index (χ0) is 28.7. The van der Waals surface area contributed by atoms with Crippen LogP contribution in [0.5, 0.6) is 0 Å². The van der Waals surface area contributed by atoms with E-state index in [1.165, 1.54) is 29.2 Å². The fraction of sp³-hybridized carbons (Fsp3) is 0.333. The first-order valence-corrected chi connectivity index (χ1v) is 14.7. The Bertz CT molecular complexity index is 1390. The Balaban J connectivity index is 2.00. The molecule has 7 nitrogen and oxygen atoms in total. The fourth-order valence-electron chi connectivity index (χ4n) is 4.12. The topological polar surface area (TPSA) is 86.8 Å². The Morgan fingerprint density at radius 3 is 2.13 bits per heavy atom. The summed E-state index contributed by atoms with van der Waals surface area (Å²) in [6.07, 6.45) is 0.513. The molecule has 3 rings (SSSR count). The number of carbonyl (C=O) groups excluding carboxylic acids is 2. The van der Waals surface area contributed by atoms with Crippen LogP contribution >= 0.6 is 11.6 Å². The Morgan fingerprint density at radius 2 is 1.54 bits per heavy atom. The average molecular weight is 570 g/mol. The monoisotopic (exact) mass is 569 g/mol. The minimum absolute atomic E-state index is 0.0133. The van der Waals surface area contributed by atoms with Gasteiger partial charge in [-0.05, 0) is 94.1 Å². The maximum atomic E-state index is 13.9. The molecule has 0 heterocycles. The summed E-state index contributed by atoms with van der Waals surface area (Å²) in [4.78, 5) is 28.3. The first kappa shape index (κ1) is 30.2. The second kappa shape index (κ2) is 13.1. The average Bonchev–Trinajstić information content (AvgIpc) is 2.89. The molecule has 0 aliphatic carbocycles. The number of anilines is 1. The SMILES string of the molecule is Cc1ccc(N(CC(=O)N(CCc2ccccc2)C(C)C(=O)NC(C)C)S(=O)(=O)c2ccc(Cl)cc2)cc1C. The van der Waals surface area contributed by atoms with Crippen molar-refractivity contribution in [3.8, 4) is 0 Å². The molecule has 0 radical (unpaired) electrons. The third kappa shape index (κ3) is 7.83. The van der Waals surface area contributed by atoms with Gasteiger partial charge in [-0.3, -0.25) is 13.9 Å². The van der Waals surface area contributed by atoms with Crippen molar-refractivity contribution in [1.29, 1.82) is 0 Å². The van der Waals surface area contributed by atoms with Gasteiger partial charge >= 0.3 is 0 Å². The van der Waals surface area contributed by atoms with Crippen LogP contribution in [-0.4, -0.2) is 50.3 Å². The lowest BCUT2D eigenvalue weighted by atomic mass is 10.1. The minimum atomic E-state index is -4.13. The summed E-state index contributed by atoms with van der Waals surface area (Å²) >= 11 is 6.00.